The Morgan fingerprint density at radius 1 is 1.11 bits per heavy atom. The molecule has 1 atom stereocenters. The highest BCUT2D eigenvalue weighted by Crippen LogP contribution is 2.25. The third-order valence-corrected chi connectivity index (χ3v) is 3.82. The van der Waals surface area contributed by atoms with Crippen molar-refractivity contribution in [3.8, 4) is 0 Å². The van der Waals surface area contributed by atoms with Crippen LogP contribution in [0.15, 0.2) is 0 Å². The van der Waals surface area contributed by atoms with Crippen LogP contribution in [0.5, 0.6) is 0 Å². The molecule has 1 heterocycles. The Labute approximate surface area is 120 Å². The molecule has 114 valence electrons. The fourth-order valence-corrected chi connectivity index (χ4v) is 2.80. The summed E-state index contributed by atoms with van der Waals surface area (Å²) in [5.74, 6) is 0. The highest BCUT2D eigenvalue weighted by molar-refractivity contribution is 4.84. The molecule has 1 saturated heterocycles. The van der Waals surface area contributed by atoms with Crippen LogP contribution in [0.3, 0.4) is 0 Å². The summed E-state index contributed by atoms with van der Waals surface area (Å²) in [6.45, 7) is 17.9. The van der Waals surface area contributed by atoms with Gasteiger partial charge in [0.15, 0.2) is 0 Å². The van der Waals surface area contributed by atoms with E-state index in [4.69, 9.17) is 4.74 Å². The second-order valence-electron chi connectivity index (χ2n) is 7.41. The van der Waals surface area contributed by atoms with Crippen LogP contribution in [-0.2, 0) is 4.74 Å². The van der Waals surface area contributed by atoms with Crippen LogP contribution < -0.4 is 5.32 Å². The monoisotopic (exact) mass is 270 g/mol. The predicted molar refractivity (Wildman–Crippen MR) is 82.6 cm³/mol. The average Bonchev–Trinajstić information content (AvgIpc) is 2.55. The predicted octanol–water partition coefficient (Wildman–Crippen LogP) is 2.90. The molecule has 3 heteroatoms. The van der Waals surface area contributed by atoms with Gasteiger partial charge in [-0.25, -0.2) is 0 Å². The Morgan fingerprint density at radius 3 is 2.47 bits per heavy atom. The molecule has 1 unspecified atom stereocenters. The fourth-order valence-electron chi connectivity index (χ4n) is 2.80. The third kappa shape index (κ3) is 7.28. The first kappa shape index (κ1) is 16.9. The Hall–Kier alpha value is -0.120. The van der Waals surface area contributed by atoms with Gasteiger partial charge in [0.1, 0.15) is 0 Å². The van der Waals surface area contributed by atoms with E-state index in [-0.39, 0.29) is 5.54 Å². The van der Waals surface area contributed by atoms with Crippen LogP contribution in [0, 0.1) is 5.41 Å². The summed E-state index contributed by atoms with van der Waals surface area (Å²) < 4.78 is 5.56. The molecule has 0 aromatic rings. The minimum Gasteiger partial charge on any atom is -0.380 e. The molecule has 1 fully saturated rings. The number of hydrogen-bond donors (Lipinski definition) is 1. The van der Waals surface area contributed by atoms with Gasteiger partial charge in [0.2, 0.25) is 0 Å². The van der Waals surface area contributed by atoms with Crippen molar-refractivity contribution in [1.29, 1.82) is 0 Å². The van der Waals surface area contributed by atoms with Crippen molar-refractivity contribution in [3.05, 3.63) is 0 Å². The van der Waals surface area contributed by atoms with E-state index in [1.54, 1.807) is 0 Å². The van der Waals surface area contributed by atoms with Gasteiger partial charge in [-0.1, -0.05) is 20.3 Å². The van der Waals surface area contributed by atoms with Crippen LogP contribution in [-0.4, -0.2) is 49.8 Å². The highest BCUT2D eigenvalue weighted by atomic mass is 16.5. The molecule has 0 spiro atoms. The third-order valence-electron chi connectivity index (χ3n) is 3.82. The minimum atomic E-state index is 0.205. The lowest BCUT2D eigenvalue weighted by molar-refractivity contribution is 0.118. The Bertz CT molecular complexity index is 242. The van der Waals surface area contributed by atoms with E-state index in [0.29, 0.717) is 5.41 Å². The molecular formula is C16H34N2O. The van der Waals surface area contributed by atoms with Crippen LogP contribution in [0.4, 0.5) is 0 Å². The lowest BCUT2D eigenvalue weighted by Crippen LogP contribution is -2.48. The van der Waals surface area contributed by atoms with E-state index in [9.17, 15) is 0 Å². The van der Waals surface area contributed by atoms with Crippen molar-refractivity contribution < 1.29 is 4.74 Å². The summed E-state index contributed by atoms with van der Waals surface area (Å²) in [7, 11) is 0. The molecule has 0 saturated carbocycles. The topological polar surface area (TPSA) is 24.5 Å². The van der Waals surface area contributed by atoms with Gasteiger partial charge in [0, 0.05) is 38.3 Å². The van der Waals surface area contributed by atoms with Crippen molar-refractivity contribution in [2.24, 2.45) is 5.41 Å². The van der Waals surface area contributed by atoms with E-state index in [2.05, 4.69) is 44.8 Å². The molecule has 19 heavy (non-hydrogen) atoms. The Morgan fingerprint density at radius 2 is 1.84 bits per heavy atom. The van der Waals surface area contributed by atoms with E-state index in [1.165, 1.54) is 32.4 Å². The van der Waals surface area contributed by atoms with Crippen molar-refractivity contribution in [2.45, 2.75) is 59.4 Å². The van der Waals surface area contributed by atoms with Gasteiger partial charge < -0.3 is 15.0 Å². The smallest absolute Gasteiger partial charge is 0.0593 e. The lowest BCUT2D eigenvalue weighted by Gasteiger charge is -2.37. The van der Waals surface area contributed by atoms with Gasteiger partial charge >= 0.3 is 0 Å². The molecule has 0 aromatic carbocycles. The molecule has 1 rings (SSSR count). The summed E-state index contributed by atoms with van der Waals surface area (Å²) in [6.07, 6.45) is 3.72. The van der Waals surface area contributed by atoms with Gasteiger partial charge in [0.05, 0.1) is 6.61 Å². The summed E-state index contributed by atoms with van der Waals surface area (Å²) in [6, 6.07) is 0. The molecule has 3 nitrogen and oxygen atoms in total. The number of rotatable bonds is 6. The first-order chi connectivity index (χ1) is 8.85. The normalized spacial score (nSPS) is 21.9. The molecule has 1 N–H and O–H groups in total. The largest absolute Gasteiger partial charge is 0.380 e. The molecule has 1 aliphatic rings. The summed E-state index contributed by atoms with van der Waals surface area (Å²) in [5.41, 5.74) is 0.573. The minimum absolute atomic E-state index is 0.205. The van der Waals surface area contributed by atoms with E-state index >= 15 is 0 Å². The van der Waals surface area contributed by atoms with Crippen molar-refractivity contribution in [2.75, 3.05) is 39.4 Å². The van der Waals surface area contributed by atoms with Crippen molar-refractivity contribution >= 4 is 0 Å². The SMILES string of the molecule is CCCC(C)(CNC(C)(C)C)CN1CCCOCC1. The first-order valence-corrected chi connectivity index (χ1v) is 7.90. The van der Waals surface area contributed by atoms with Gasteiger partial charge in [0.25, 0.3) is 0 Å². The van der Waals surface area contributed by atoms with Gasteiger partial charge in [-0.15, -0.1) is 0 Å². The Balaban J connectivity index is 2.53. The first-order valence-electron chi connectivity index (χ1n) is 7.90. The average molecular weight is 270 g/mol. The summed E-state index contributed by atoms with van der Waals surface area (Å²) in [4.78, 5) is 2.59. The van der Waals surface area contributed by atoms with Crippen molar-refractivity contribution in [3.63, 3.8) is 0 Å². The van der Waals surface area contributed by atoms with Gasteiger partial charge in [-0.05, 0) is 39.0 Å². The standard InChI is InChI=1S/C16H34N2O/c1-6-8-16(5,13-17-15(2,3)4)14-18-9-7-11-19-12-10-18/h17H,6-14H2,1-5H3. The summed E-state index contributed by atoms with van der Waals surface area (Å²) >= 11 is 0. The number of nitrogens with one attached hydrogen (secondary N) is 1. The van der Waals surface area contributed by atoms with Gasteiger partial charge in [-0.2, -0.15) is 0 Å². The van der Waals surface area contributed by atoms with Gasteiger partial charge in [-0.3, -0.25) is 0 Å². The quantitative estimate of drug-likeness (QED) is 0.803. The van der Waals surface area contributed by atoms with Crippen LogP contribution in [0.25, 0.3) is 0 Å². The maximum absolute atomic E-state index is 5.56. The maximum Gasteiger partial charge on any atom is 0.0593 e. The molecule has 0 bridgehead atoms. The van der Waals surface area contributed by atoms with E-state index in [1.807, 2.05) is 0 Å². The number of hydrogen-bond acceptors (Lipinski definition) is 3. The maximum atomic E-state index is 5.56. The molecule has 0 amide bonds. The van der Waals surface area contributed by atoms with E-state index in [0.717, 1.165) is 26.3 Å². The Kier molecular flexibility index (Phi) is 6.78. The molecule has 1 aliphatic heterocycles. The zero-order chi connectivity index (χ0) is 14.4. The molecule has 0 aromatic heterocycles. The van der Waals surface area contributed by atoms with Crippen LogP contribution in [0.1, 0.15) is 53.9 Å². The zero-order valence-electron chi connectivity index (χ0n) is 13.7. The zero-order valence-corrected chi connectivity index (χ0v) is 13.7. The van der Waals surface area contributed by atoms with Crippen molar-refractivity contribution in [1.82, 2.24) is 10.2 Å². The van der Waals surface area contributed by atoms with Crippen LogP contribution in [0.2, 0.25) is 0 Å². The van der Waals surface area contributed by atoms with Crippen LogP contribution >= 0.6 is 0 Å². The second kappa shape index (κ2) is 7.61. The molecule has 0 radical (unpaired) electrons. The molecule has 0 aliphatic carbocycles. The number of ether oxygens (including phenoxy) is 1. The lowest BCUT2D eigenvalue weighted by atomic mass is 9.84. The number of nitrogens with zero attached hydrogens (tertiary/aromatic N) is 1. The second-order valence-corrected chi connectivity index (χ2v) is 7.41. The highest BCUT2D eigenvalue weighted by Gasteiger charge is 2.28. The summed E-state index contributed by atoms with van der Waals surface area (Å²) in [5, 5.41) is 3.69. The van der Waals surface area contributed by atoms with E-state index < -0.39 is 0 Å². The molecular weight excluding hydrogens is 236 g/mol. The fraction of sp³-hybridized carbons (Fsp3) is 1.00.